The van der Waals surface area contributed by atoms with E-state index in [0.717, 1.165) is 11.4 Å². The Morgan fingerprint density at radius 2 is 1.75 bits per heavy atom. The van der Waals surface area contributed by atoms with Crippen LogP contribution in [-0.4, -0.2) is 35.2 Å². The van der Waals surface area contributed by atoms with Crippen molar-refractivity contribution >= 4 is 17.6 Å². The van der Waals surface area contributed by atoms with Gasteiger partial charge in [0.2, 0.25) is 11.9 Å². The van der Waals surface area contributed by atoms with E-state index in [4.69, 9.17) is 9.47 Å². The molecule has 3 rings (SSSR count). The first-order valence-corrected chi connectivity index (χ1v) is 8.16. The maximum absolute atomic E-state index is 5.40. The Kier molecular flexibility index (Phi) is 4.98. The van der Waals surface area contributed by atoms with Gasteiger partial charge < -0.3 is 20.1 Å². The molecule has 1 heterocycles. The number of anilines is 3. The van der Waals surface area contributed by atoms with Gasteiger partial charge in [0.15, 0.2) is 0 Å². The number of benzene rings is 1. The van der Waals surface area contributed by atoms with Gasteiger partial charge in [-0.2, -0.15) is 15.0 Å². The van der Waals surface area contributed by atoms with E-state index in [2.05, 4.69) is 25.6 Å². The van der Waals surface area contributed by atoms with E-state index in [1.807, 2.05) is 25.1 Å². The molecule has 1 aromatic carbocycles. The first-order valence-electron chi connectivity index (χ1n) is 8.16. The average Bonchev–Trinajstić information content (AvgIpc) is 3.07. The van der Waals surface area contributed by atoms with Gasteiger partial charge in [-0.3, -0.25) is 0 Å². The Bertz CT molecular complexity index is 701. The van der Waals surface area contributed by atoms with Gasteiger partial charge in [0.1, 0.15) is 17.3 Å². The third-order valence-corrected chi connectivity index (χ3v) is 4.09. The fraction of sp³-hybridized carbons (Fsp3) is 0.471. The zero-order valence-corrected chi connectivity index (χ0v) is 14.3. The molecule has 7 heteroatoms. The van der Waals surface area contributed by atoms with E-state index in [-0.39, 0.29) is 0 Å². The van der Waals surface area contributed by atoms with E-state index >= 15 is 0 Å². The molecule has 0 radical (unpaired) electrons. The normalized spacial score (nSPS) is 14.5. The Labute approximate surface area is 141 Å². The molecule has 0 spiro atoms. The van der Waals surface area contributed by atoms with Crippen molar-refractivity contribution in [3.8, 4) is 11.5 Å². The third-order valence-electron chi connectivity index (χ3n) is 4.09. The van der Waals surface area contributed by atoms with E-state index < -0.39 is 0 Å². The summed E-state index contributed by atoms with van der Waals surface area (Å²) in [6.45, 7) is 1.86. The average molecular weight is 329 g/mol. The topological polar surface area (TPSA) is 81.2 Å². The molecule has 0 atom stereocenters. The van der Waals surface area contributed by atoms with Crippen LogP contribution in [0.2, 0.25) is 0 Å². The molecule has 1 aromatic heterocycles. The summed E-state index contributed by atoms with van der Waals surface area (Å²) < 4.78 is 10.6. The van der Waals surface area contributed by atoms with E-state index in [1.165, 1.54) is 25.7 Å². The van der Waals surface area contributed by atoms with Gasteiger partial charge in [0, 0.05) is 12.1 Å². The molecule has 1 saturated carbocycles. The zero-order chi connectivity index (χ0) is 16.9. The highest BCUT2D eigenvalue weighted by Gasteiger charge is 2.16. The van der Waals surface area contributed by atoms with Crippen LogP contribution in [0.1, 0.15) is 31.5 Å². The first kappa shape index (κ1) is 16.3. The number of aryl methyl sites for hydroxylation is 1. The largest absolute Gasteiger partial charge is 0.497 e. The smallest absolute Gasteiger partial charge is 0.232 e. The fourth-order valence-electron chi connectivity index (χ4n) is 2.88. The molecule has 0 saturated heterocycles. The number of ether oxygens (including phenoxy) is 2. The summed E-state index contributed by atoms with van der Waals surface area (Å²) in [4.78, 5) is 13.2. The van der Waals surface area contributed by atoms with Crippen LogP contribution in [0, 0.1) is 6.92 Å². The summed E-state index contributed by atoms with van der Waals surface area (Å²) in [7, 11) is 3.24. The molecular weight excluding hydrogens is 306 g/mol. The van der Waals surface area contributed by atoms with Crippen molar-refractivity contribution in [2.45, 2.75) is 38.6 Å². The molecule has 1 fully saturated rings. The van der Waals surface area contributed by atoms with Crippen LogP contribution < -0.4 is 20.1 Å². The zero-order valence-electron chi connectivity index (χ0n) is 14.3. The Morgan fingerprint density at radius 3 is 2.46 bits per heavy atom. The summed E-state index contributed by atoms with van der Waals surface area (Å²) in [5, 5.41) is 6.60. The molecule has 2 aromatic rings. The summed E-state index contributed by atoms with van der Waals surface area (Å²) >= 11 is 0. The van der Waals surface area contributed by atoms with E-state index in [1.54, 1.807) is 14.2 Å². The molecule has 7 nitrogen and oxygen atoms in total. The Hall–Kier alpha value is -2.57. The van der Waals surface area contributed by atoms with E-state index in [0.29, 0.717) is 29.5 Å². The molecule has 2 N–H and O–H groups in total. The van der Waals surface area contributed by atoms with Crippen LogP contribution in [0.3, 0.4) is 0 Å². The van der Waals surface area contributed by atoms with Crippen molar-refractivity contribution in [3.63, 3.8) is 0 Å². The number of methoxy groups -OCH3 is 2. The lowest BCUT2D eigenvalue weighted by molar-refractivity contribution is 0.395. The van der Waals surface area contributed by atoms with Crippen molar-refractivity contribution in [1.82, 2.24) is 15.0 Å². The second-order valence-electron chi connectivity index (χ2n) is 5.85. The number of hydrogen-bond acceptors (Lipinski definition) is 7. The minimum Gasteiger partial charge on any atom is -0.497 e. The van der Waals surface area contributed by atoms with Gasteiger partial charge in [-0.25, -0.2) is 0 Å². The SMILES string of the molecule is COc1ccc(Nc2nc(C)nc(NC3CCCC3)n2)c(OC)c1. The number of nitrogens with one attached hydrogen (secondary N) is 2. The summed E-state index contributed by atoms with van der Waals surface area (Å²) in [5.41, 5.74) is 0.774. The van der Waals surface area contributed by atoms with Crippen LogP contribution >= 0.6 is 0 Å². The standard InChI is InChI=1S/C17H23N5O2/c1-11-18-16(20-12-6-4-5-7-12)22-17(19-11)21-14-9-8-13(23-2)10-15(14)24-3/h8-10,12H,4-7H2,1-3H3,(H2,18,19,20,21,22). The summed E-state index contributed by atoms with van der Waals surface area (Å²) in [6.07, 6.45) is 4.85. The number of rotatable bonds is 6. The predicted molar refractivity (Wildman–Crippen MR) is 93.3 cm³/mol. The highest BCUT2D eigenvalue weighted by atomic mass is 16.5. The van der Waals surface area contributed by atoms with Gasteiger partial charge in [0.05, 0.1) is 19.9 Å². The monoisotopic (exact) mass is 329 g/mol. The summed E-state index contributed by atoms with van der Waals surface area (Å²) in [6, 6.07) is 6.00. The van der Waals surface area contributed by atoms with Gasteiger partial charge in [0.25, 0.3) is 0 Å². The molecular formula is C17H23N5O2. The second-order valence-corrected chi connectivity index (χ2v) is 5.85. The van der Waals surface area contributed by atoms with Crippen molar-refractivity contribution in [2.75, 3.05) is 24.9 Å². The van der Waals surface area contributed by atoms with Gasteiger partial charge in [-0.15, -0.1) is 0 Å². The predicted octanol–water partition coefficient (Wildman–Crippen LogP) is 3.30. The number of nitrogens with zero attached hydrogens (tertiary/aromatic N) is 3. The van der Waals surface area contributed by atoms with Crippen LogP contribution in [-0.2, 0) is 0 Å². The minimum atomic E-state index is 0.454. The molecule has 0 unspecified atom stereocenters. The van der Waals surface area contributed by atoms with Crippen LogP contribution in [0.4, 0.5) is 17.6 Å². The van der Waals surface area contributed by atoms with Crippen LogP contribution in [0.15, 0.2) is 18.2 Å². The van der Waals surface area contributed by atoms with Gasteiger partial charge in [-0.1, -0.05) is 12.8 Å². The molecule has 0 aliphatic heterocycles. The van der Waals surface area contributed by atoms with Crippen molar-refractivity contribution in [1.29, 1.82) is 0 Å². The molecule has 0 amide bonds. The van der Waals surface area contributed by atoms with Crippen molar-refractivity contribution in [2.24, 2.45) is 0 Å². The molecule has 1 aliphatic carbocycles. The van der Waals surface area contributed by atoms with Gasteiger partial charge in [-0.05, 0) is 31.9 Å². The van der Waals surface area contributed by atoms with Crippen molar-refractivity contribution in [3.05, 3.63) is 24.0 Å². The minimum absolute atomic E-state index is 0.454. The number of hydrogen-bond donors (Lipinski definition) is 2. The van der Waals surface area contributed by atoms with E-state index in [9.17, 15) is 0 Å². The Balaban J connectivity index is 1.80. The second kappa shape index (κ2) is 7.33. The summed E-state index contributed by atoms with van der Waals surface area (Å²) in [5.74, 6) is 3.17. The van der Waals surface area contributed by atoms with Crippen LogP contribution in [0.25, 0.3) is 0 Å². The van der Waals surface area contributed by atoms with Crippen molar-refractivity contribution < 1.29 is 9.47 Å². The maximum Gasteiger partial charge on any atom is 0.232 e. The number of aromatic nitrogens is 3. The lowest BCUT2D eigenvalue weighted by Gasteiger charge is -2.14. The molecule has 1 aliphatic rings. The lowest BCUT2D eigenvalue weighted by atomic mass is 10.2. The highest BCUT2D eigenvalue weighted by Crippen LogP contribution is 2.31. The molecule has 0 bridgehead atoms. The maximum atomic E-state index is 5.40. The molecule has 128 valence electrons. The highest BCUT2D eigenvalue weighted by molar-refractivity contribution is 5.64. The third kappa shape index (κ3) is 3.84. The van der Waals surface area contributed by atoms with Gasteiger partial charge >= 0.3 is 0 Å². The Morgan fingerprint density at radius 1 is 1.00 bits per heavy atom. The lowest BCUT2D eigenvalue weighted by Crippen LogP contribution is -2.18. The first-order chi connectivity index (χ1) is 11.7. The quantitative estimate of drug-likeness (QED) is 0.841. The molecule has 24 heavy (non-hydrogen) atoms. The fourth-order valence-corrected chi connectivity index (χ4v) is 2.88. The van der Waals surface area contributed by atoms with Crippen LogP contribution in [0.5, 0.6) is 11.5 Å².